The van der Waals surface area contributed by atoms with Crippen LogP contribution in [0.15, 0.2) is 29.2 Å². The van der Waals surface area contributed by atoms with E-state index in [0.29, 0.717) is 0 Å². The molecular weight excluding hydrogens is 336 g/mol. The van der Waals surface area contributed by atoms with Crippen LogP contribution < -0.4 is 0 Å². The van der Waals surface area contributed by atoms with Crippen molar-refractivity contribution in [3.8, 4) is 0 Å². The Balaban J connectivity index is 1.70. The van der Waals surface area contributed by atoms with Gasteiger partial charge in [-0.1, -0.05) is 0 Å². The molecule has 0 bridgehead atoms. The van der Waals surface area contributed by atoms with Gasteiger partial charge in [0.2, 0.25) is 21.8 Å². The molecule has 24 heavy (non-hydrogen) atoms. The maximum Gasteiger partial charge on any atom is 0.337 e. The lowest BCUT2D eigenvalue weighted by Gasteiger charge is -2.41. The van der Waals surface area contributed by atoms with E-state index in [9.17, 15) is 22.8 Å². The maximum absolute atomic E-state index is 12.5. The molecule has 8 nitrogen and oxygen atoms in total. The van der Waals surface area contributed by atoms with Crippen molar-refractivity contribution < 1.29 is 27.5 Å². The topological polar surface area (TPSA) is 101 Å². The Bertz CT molecular complexity index is 780. The molecule has 9 heteroatoms. The summed E-state index contributed by atoms with van der Waals surface area (Å²) in [7, 11) is -2.47. The van der Waals surface area contributed by atoms with Gasteiger partial charge < -0.3 is 4.74 Å². The average Bonchev–Trinajstić information content (AvgIpc) is 2.85. The van der Waals surface area contributed by atoms with Crippen LogP contribution in [0.1, 0.15) is 23.2 Å². The Kier molecular flexibility index (Phi) is 4.14. The third kappa shape index (κ3) is 2.69. The van der Waals surface area contributed by atoms with Crippen molar-refractivity contribution in [2.45, 2.75) is 23.8 Å². The molecule has 2 saturated heterocycles. The first-order valence-electron chi connectivity index (χ1n) is 7.38. The van der Waals surface area contributed by atoms with E-state index in [2.05, 4.69) is 4.74 Å². The summed E-state index contributed by atoms with van der Waals surface area (Å²) in [5, 5.41) is 0. The largest absolute Gasteiger partial charge is 0.465 e. The Labute approximate surface area is 139 Å². The molecule has 2 heterocycles. The van der Waals surface area contributed by atoms with E-state index in [1.165, 1.54) is 40.6 Å². The smallest absolute Gasteiger partial charge is 0.337 e. The lowest BCUT2D eigenvalue weighted by Crippen LogP contribution is -2.62. The number of rotatable bonds is 4. The number of imide groups is 1. The van der Waals surface area contributed by atoms with Crippen molar-refractivity contribution in [3.63, 3.8) is 0 Å². The van der Waals surface area contributed by atoms with Gasteiger partial charge in [-0.15, -0.1) is 0 Å². The summed E-state index contributed by atoms with van der Waals surface area (Å²) < 4.78 is 30.8. The van der Waals surface area contributed by atoms with Gasteiger partial charge in [0.05, 0.1) is 23.6 Å². The normalized spacial score (nSPS) is 19.5. The number of hydrogen-bond acceptors (Lipinski definition) is 6. The summed E-state index contributed by atoms with van der Waals surface area (Å²) in [6.07, 6.45) is 0.383. The van der Waals surface area contributed by atoms with E-state index in [-0.39, 0.29) is 48.2 Å². The summed E-state index contributed by atoms with van der Waals surface area (Å²) in [6.45, 7) is 0.192. The number of carbonyl (C=O) groups is 3. The van der Waals surface area contributed by atoms with Gasteiger partial charge in [-0.2, -0.15) is 4.31 Å². The van der Waals surface area contributed by atoms with Crippen molar-refractivity contribution in [1.82, 2.24) is 9.21 Å². The number of likely N-dealkylation sites (tertiary alicyclic amines) is 1. The Hall–Kier alpha value is -2.26. The monoisotopic (exact) mass is 352 g/mol. The van der Waals surface area contributed by atoms with Gasteiger partial charge in [-0.3, -0.25) is 14.5 Å². The third-order valence-electron chi connectivity index (χ3n) is 4.20. The van der Waals surface area contributed by atoms with Crippen molar-refractivity contribution in [1.29, 1.82) is 0 Å². The van der Waals surface area contributed by atoms with Gasteiger partial charge in [-0.05, 0) is 24.3 Å². The number of hydrogen-bond donors (Lipinski definition) is 0. The van der Waals surface area contributed by atoms with Crippen LogP contribution in [0.25, 0.3) is 0 Å². The highest BCUT2D eigenvalue weighted by Crippen LogP contribution is 2.27. The van der Waals surface area contributed by atoms with E-state index in [1.807, 2.05) is 0 Å². The zero-order valence-corrected chi connectivity index (χ0v) is 13.8. The van der Waals surface area contributed by atoms with Gasteiger partial charge in [0.25, 0.3) is 0 Å². The quantitative estimate of drug-likeness (QED) is 0.558. The van der Waals surface area contributed by atoms with Crippen LogP contribution in [0, 0.1) is 0 Å². The highest BCUT2D eigenvalue weighted by Gasteiger charge is 2.45. The highest BCUT2D eigenvalue weighted by atomic mass is 32.2. The zero-order valence-electron chi connectivity index (χ0n) is 13.0. The van der Waals surface area contributed by atoms with E-state index < -0.39 is 22.0 Å². The number of carbonyl (C=O) groups excluding carboxylic acids is 3. The first-order chi connectivity index (χ1) is 11.3. The predicted octanol–water partition coefficient (Wildman–Crippen LogP) is -0.00490. The van der Waals surface area contributed by atoms with Gasteiger partial charge in [0.15, 0.2) is 0 Å². The van der Waals surface area contributed by atoms with Crippen molar-refractivity contribution >= 4 is 27.8 Å². The van der Waals surface area contributed by atoms with Gasteiger partial charge in [-0.25, -0.2) is 13.2 Å². The van der Waals surface area contributed by atoms with Crippen LogP contribution in [0.4, 0.5) is 0 Å². The van der Waals surface area contributed by atoms with E-state index in [1.54, 1.807) is 0 Å². The Morgan fingerprint density at radius 3 is 2.12 bits per heavy atom. The fraction of sp³-hybridized carbons (Fsp3) is 0.400. The van der Waals surface area contributed by atoms with E-state index >= 15 is 0 Å². The van der Waals surface area contributed by atoms with Gasteiger partial charge in [0, 0.05) is 25.9 Å². The van der Waals surface area contributed by atoms with Crippen molar-refractivity contribution in [2.24, 2.45) is 0 Å². The van der Waals surface area contributed by atoms with Crippen LogP contribution in [0.2, 0.25) is 0 Å². The van der Waals surface area contributed by atoms with E-state index in [4.69, 9.17) is 0 Å². The van der Waals surface area contributed by atoms with Crippen LogP contribution >= 0.6 is 0 Å². The van der Waals surface area contributed by atoms with Crippen LogP contribution in [-0.2, 0) is 24.3 Å². The van der Waals surface area contributed by atoms with Crippen LogP contribution in [0.3, 0.4) is 0 Å². The SMILES string of the molecule is COC(=O)c1ccc(S(=O)(=O)N2CC(N3C(=O)CCC3=O)C2)cc1. The summed E-state index contributed by atoms with van der Waals surface area (Å²) in [5.41, 5.74) is 0.256. The molecule has 0 spiro atoms. The molecular formula is C15H16N2O6S. The fourth-order valence-corrected chi connectivity index (χ4v) is 4.32. The lowest BCUT2D eigenvalue weighted by atomic mass is 10.1. The number of sulfonamides is 1. The molecule has 128 valence electrons. The molecule has 2 aliphatic heterocycles. The summed E-state index contributed by atoms with van der Waals surface area (Å²) in [6, 6.07) is 5.03. The fourth-order valence-electron chi connectivity index (χ4n) is 2.81. The molecule has 2 amide bonds. The minimum absolute atomic E-state index is 0.0488. The zero-order chi connectivity index (χ0) is 17.5. The van der Waals surface area contributed by atoms with Gasteiger partial charge >= 0.3 is 5.97 Å². The summed E-state index contributed by atoms with van der Waals surface area (Å²) in [5.74, 6) is -1.04. The molecule has 0 aliphatic carbocycles. The standard InChI is InChI=1S/C15H16N2O6S/c1-23-15(20)10-2-4-12(5-3-10)24(21,22)16-8-11(9-16)17-13(18)6-7-14(17)19/h2-5,11H,6-9H2,1H3. The molecule has 1 aromatic rings. The highest BCUT2D eigenvalue weighted by molar-refractivity contribution is 7.89. The lowest BCUT2D eigenvalue weighted by molar-refractivity contribution is -0.143. The molecule has 1 aromatic carbocycles. The number of benzene rings is 1. The number of esters is 1. The molecule has 3 rings (SSSR count). The van der Waals surface area contributed by atoms with E-state index in [0.717, 1.165) is 0 Å². The average molecular weight is 352 g/mol. The number of ether oxygens (including phenoxy) is 1. The second-order valence-electron chi connectivity index (χ2n) is 5.65. The van der Waals surface area contributed by atoms with Crippen molar-refractivity contribution in [3.05, 3.63) is 29.8 Å². The molecule has 0 unspecified atom stereocenters. The minimum atomic E-state index is -3.72. The molecule has 0 atom stereocenters. The van der Waals surface area contributed by atoms with Crippen molar-refractivity contribution in [2.75, 3.05) is 20.2 Å². The molecule has 0 radical (unpaired) electrons. The molecule has 0 aromatic heterocycles. The maximum atomic E-state index is 12.5. The Morgan fingerprint density at radius 1 is 1.08 bits per heavy atom. The summed E-state index contributed by atoms with van der Waals surface area (Å²) in [4.78, 5) is 35.9. The summed E-state index contributed by atoms with van der Waals surface area (Å²) >= 11 is 0. The van der Waals surface area contributed by atoms with Crippen LogP contribution in [0.5, 0.6) is 0 Å². The van der Waals surface area contributed by atoms with Gasteiger partial charge in [0.1, 0.15) is 0 Å². The second-order valence-corrected chi connectivity index (χ2v) is 7.59. The second kappa shape index (κ2) is 5.99. The first-order valence-corrected chi connectivity index (χ1v) is 8.82. The molecule has 2 fully saturated rings. The first kappa shape index (κ1) is 16.6. The predicted molar refractivity (Wildman–Crippen MR) is 81.4 cm³/mol. The molecule has 2 aliphatic rings. The van der Waals surface area contributed by atoms with Crippen LogP contribution in [-0.4, -0.2) is 61.6 Å². The molecule has 0 saturated carbocycles. The molecule has 0 N–H and O–H groups in total. The number of nitrogens with zero attached hydrogens (tertiary/aromatic N) is 2. The number of amides is 2. The number of methoxy groups -OCH3 is 1. The Morgan fingerprint density at radius 2 is 1.62 bits per heavy atom. The minimum Gasteiger partial charge on any atom is -0.465 e. The third-order valence-corrected chi connectivity index (χ3v) is 6.04.